The summed E-state index contributed by atoms with van der Waals surface area (Å²) in [6.45, 7) is 7.44. The number of anilines is 2. The van der Waals surface area contributed by atoms with Crippen LogP contribution >= 0.6 is 11.3 Å². The van der Waals surface area contributed by atoms with E-state index in [2.05, 4.69) is 25.3 Å². The lowest BCUT2D eigenvalue weighted by Gasteiger charge is -2.36. The minimum absolute atomic E-state index is 0.132. The van der Waals surface area contributed by atoms with E-state index >= 15 is 0 Å². The first-order valence-corrected chi connectivity index (χ1v) is 14.6. The molecule has 1 aliphatic heterocycles. The summed E-state index contributed by atoms with van der Waals surface area (Å²) in [7, 11) is 0. The van der Waals surface area contributed by atoms with Gasteiger partial charge in [0.15, 0.2) is 17.1 Å². The van der Waals surface area contributed by atoms with E-state index < -0.39 is 0 Å². The zero-order valence-corrected chi connectivity index (χ0v) is 24.4. The number of furan rings is 1. The van der Waals surface area contributed by atoms with Gasteiger partial charge in [0.25, 0.3) is 0 Å². The number of nitrogens with zero attached hydrogens (tertiary/aromatic N) is 7. The van der Waals surface area contributed by atoms with Crippen LogP contribution in [-0.4, -0.2) is 87.9 Å². The van der Waals surface area contributed by atoms with E-state index in [4.69, 9.17) is 20.6 Å². The van der Waals surface area contributed by atoms with Crippen molar-refractivity contribution in [1.29, 1.82) is 0 Å². The Morgan fingerprint density at radius 3 is 2.63 bits per heavy atom. The molecule has 4 aromatic heterocycles. The molecule has 5 N–H and O–H groups in total. The molecule has 1 amide bonds. The Bertz CT molecular complexity index is 1730. The van der Waals surface area contributed by atoms with Gasteiger partial charge < -0.3 is 30.8 Å². The number of nitrogens with one attached hydrogen (secondary N) is 1. The maximum Gasteiger partial charge on any atom is 0.309 e. The van der Waals surface area contributed by atoms with Crippen LogP contribution in [0.4, 0.5) is 16.0 Å². The van der Waals surface area contributed by atoms with Gasteiger partial charge in [0.1, 0.15) is 16.3 Å². The highest BCUT2D eigenvalue weighted by Gasteiger charge is 2.22. The van der Waals surface area contributed by atoms with E-state index in [0.717, 1.165) is 24.4 Å². The molecule has 0 unspecified atom stereocenters. The number of halogens is 1. The molecule has 5 heterocycles. The number of piperazine rings is 1. The maximum atomic E-state index is 14.6. The smallest absolute Gasteiger partial charge is 0.309 e. The summed E-state index contributed by atoms with van der Waals surface area (Å²) in [5.74, 6) is 1.28. The highest BCUT2D eigenvalue weighted by Crippen LogP contribution is 2.27. The second-order valence-electron chi connectivity index (χ2n) is 9.53. The highest BCUT2D eigenvalue weighted by molar-refractivity contribution is 7.17. The number of aromatic nitrogens is 5. The molecule has 5 aromatic rings. The molecule has 0 saturated carbocycles. The minimum Gasteiger partial charge on any atom is -0.494 e. The molecular weight excluding hydrogens is 579 g/mol. The predicted molar refractivity (Wildman–Crippen MR) is 162 cm³/mol. The Kier molecular flexibility index (Phi) is 9.48. The molecule has 1 aliphatic rings. The molecule has 0 radical (unpaired) electrons. The van der Waals surface area contributed by atoms with Crippen LogP contribution in [0.3, 0.4) is 0 Å². The van der Waals surface area contributed by atoms with Gasteiger partial charge in [0.05, 0.1) is 18.6 Å². The third-order valence-electron chi connectivity index (χ3n) is 6.81. The lowest BCUT2D eigenvalue weighted by atomic mass is 10.2. The average Bonchev–Trinajstić information content (AvgIpc) is 3.76. The number of carbonyl (C=O) groups is 1. The monoisotopic (exact) mass is 612 g/mol. The summed E-state index contributed by atoms with van der Waals surface area (Å²) in [6, 6.07) is 8.51. The van der Waals surface area contributed by atoms with E-state index in [-0.39, 0.29) is 16.6 Å². The minimum atomic E-state index is -0.283. The van der Waals surface area contributed by atoms with E-state index in [1.165, 1.54) is 10.6 Å². The van der Waals surface area contributed by atoms with Gasteiger partial charge in [0, 0.05) is 58.4 Å². The van der Waals surface area contributed by atoms with E-state index in [9.17, 15) is 14.0 Å². The standard InChI is InChI=1S/C24H25FN8O3S.C3H8N2O/c1-2-35-15-5-6-17(16(25)14-15)31-10-7-30(8-11-31)9-12-32-21-19(37-24(32)34)22-27-20(18-4-3-13-36-18)29-33(22)23(26)28-21;4-1-2-5-3-6/h3-6,13-14H,2,7-12H2,1H3,(H2,26,28);3H,1-2,4H2,(H,5,6). The molecule has 0 spiro atoms. The van der Waals surface area contributed by atoms with Gasteiger partial charge in [-0.15, -0.1) is 5.10 Å². The van der Waals surface area contributed by atoms with Gasteiger partial charge in [-0.25, -0.2) is 9.37 Å². The van der Waals surface area contributed by atoms with Crippen LogP contribution < -0.4 is 31.3 Å². The van der Waals surface area contributed by atoms with Crippen molar-refractivity contribution in [3.05, 3.63) is 52.1 Å². The first-order valence-electron chi connectivity index (χ1n) is 13.8. The second-order valence-corrected chi connectivity index (χ2v) is 10.5. The fourth-order valence-electron chi connectivity index (χ4n) is 4.73. The van der Waals surface area contributed by atoms with Crippen LogP contribution in [0, 0.1) is 5.82 Å². The summed E-state index contributed by atoms with van der Waals surface area (Å²) in [6.07, 6.45) is 2.17. The molecule has 1 fully saturated rings. The maximum absolute atomic E-state index is 14.6. The Balaban J connectivity index is 0.000000559. The number of amides is 1. The summed E-state index contributed by atoms with van der Waals surface area (Å²) >= 11 is 1.07. The van der Waals surface area contributed by atoms with E-state index in [0.29, 0.717) is 91.3 Å². The van der Waals surface area contributed by atoms with Crippen molar-refractivity contribution >= 4 is 45.4 Å². The quantitative estimate of drug-likeness (QED) is 0.154. The van der Waals surface area contributed by atoms with Crippen LogP contribution in [0.25, 0.3) is 27.6 Å². The number of nitrogen functional groups attached to an aromatic ring is 1. The Hall–Kier alpha value is -4.54. The number of nitrogens with two attached hydrogens (primary N) is 2. The van der Waals surface area contributed by atoms with Crippen LogP contribution in [0.2, 0.25) is 0 Å². The summed E-state index contributed by atoms with van der Waals surface area (Å²) in [4.78, 5) is 35.5. The molecular formula is C27H33FN10O4S. The van der Waals surface area contributed by atoms with Crippen molar-refractivity contribution in [2.75, 3.05) is 63.1 Å². The number of ether oxygens (including phenoxy) is 1. The van der Waals surface area contributed by atoms with Gasteiger partial charge in [-0.3, -0.25) is 19.1 Å². The van der Waals surface area contributed by atoms with Crippen LogP contribution in [0.15, 0.2) is 45.8 Å². The Labute approximate surface area is 249 Å². The SMILES string of the molecule is CCOc1ccc(N2CCN(CCn3c(=O)sc4c3nc(N)n3nc(-c5ccco5)nc43)CC2)c(F)c1.NCCNC=O. The van der Waals surface area contributed by atoms with Gasteiger partial charge in [-0.1, -0.05) is 11.3 Å². The second kappa shape index (κ2) is 13.6. The molecule has 14 nitrogen and oxygen atoms in total. The third kappa shape index (κ3) is 6.60. The third-order valence-corrected chi connectivity index (χ3v) is 7.78. The zero-order valence-electron chi connectivity index (χ0n) is 23.6. The summed E-state index contributed by atoms with van der Waals surface area (Å²) in [5.41, 5.74) is 12.7. The van der Waals surface area contributed by atoms with Gasteiger partial charge >= 0.3 is 4.87 Å². The Morgan fingerprint density at radius 1 is 1.16 bits per heavy atom. The Morgan fingerprint density at radius 2 is 1.98 bits per heavy atom. The largest absolute Gasteiger partial charge is 0.494 e. The number of thiazole rings is 1. The van der Waals surface area contributed by atoms with E-state index in [1.54, 1.807) is 35.1 Å². The summed E-state index contributed by atoms with van der Waals surface area (Å²) in [5, 5.41) is 6.78. The first kappa shape index (κ1) is 29.9. The van der Waals surface area contributed by atoms with Crippen molar-refractivity contribution in [2.45, 2.75) is 13.5 Å². The molecule has 6 rings (SSSR count). The average molecular weight is 613 g/mol. The van der Waals surface area contributed by atoms with Gasteiger partial charge in [-0.2, -0.15) is 9.50 Å². The fraction of sp³-hybridized carbons (Fsp3) is 0.370. The van der Waals surface area contributed by atoms with Crippen molar-refractivity contribution in [3.63, 3.8) is 0 Å². The van der Waals surface area contributed by atoms with Crippen molar-refractivity contribution in [2.24, 2.45) is 5.73 Å². The van der Waals surface area contributed by atoms with Gasteiger partial charge in [-0.05, 0) is 31.2 Å². The van der Waals surface area contributed by atoms with Crippen LogP contribution in [0.1, 0.15) is 6.92 Å². The van der Waals surface area contributed by atoms with E-state index in [1.807, 2.05) is 11.8 Å². The molecule has 228 valence electrons. The van der Waals surface area contributed by atoms with Crippen LogP contribution in [-0.2, 0) is 11.3 Å². The molecule has 1 saturated heterocycles. The van der Waals surface area contributed by atoms with Crippen LogP contribution in [0.5, 0.6) is 5.75 Å². The molecule has 43 heavy (non-hydrogen) atoms. The normalized spacial score (nSPS) is 13.7. The topological polar surface area (TPSA) is 175 Å². The predicted octanol–water partition coefficient (Wildman–Crippen LogP) is 1.39. The molecule has 1 aromatic carbocycles. The lowest BCUT2D eigenvalue weighted by molar-refractivity contribution is -0.109. The van der Waals surface area contributed by atoms with Crippen molar-refractivity contribution in [1.82, 2.24) is 34.4 Å². The van der Waals surface area contributed by atoms with Crippen molar-refractivity contribution in [3.8, 4) is 17.3 Å². The zero-order chi connectivity index (χ0) is 30.3. The summed E-state index contributed by atoms with van der Waals surface area (Å²) < 4.78 is 29.1. The number of hydrogen-bond donors (Lipinski definition) is 3. The molecule has 16 heteroatoms. The molecule has 0 bridgehead atoms. The number of carbonyl (C=O) groups excluding carboxylic acids is 1. The number of fused-ring (bicyclic) bond motifs is 3. The van der Waals surface area contributed by atoms with Gasteiger partial charge in [0.2, 0.25) is 18.2 Å². The van der Waals surface area contributed by atoms with Crippen molar-refractivity contribution < 1.29 is 18.3 Å². The number of rotatable bonds is 10. The lowest BCUT2D eigenvalue weighted by Crippen LogP contribution is -2.47. The number of hydrogen-bond acceptors (Lipinski definition) is 12. The number of benzene rings is 1. The fourth-order valence-corrected chi connectivity index (χ4v) is 5.67. The molecule has 0 aliphatic carbocycles. The first-order chi connectivity index (χ1) is 20.9. The molecule has 0 atom stereocenters. The highest BCUT2D eigenvalue weighted by atomic mass is 32.1.